The van der Waals surface area contributed by atoms with Gasteiger partial charge in [0.15, 0.2) is 0 Å². The Morgan fingerprint density at radius 1 is 0.353 bits per heavy atom. The van der Waals surface area contributed by atoms with Gasteiger partial charge in [-0.25, -0.2) is 0 Å². The summed E-state index contributed by atoms with van der Waals surface area (Å²) in [5, 5.41) is 23.4. The predicted molar refractivity (Wildman–Crippen MR) is 304 cm³/mol. The molecule has 2 unspecified atom stereocenters. The summed E-state index contributed by atoms with van der Waals surface area (Å²) in [6, 6.07) is -0.536. The highest BCUT2D eigenvalue weighted by molar-refractivity contribution is 5.76. The predicted octanol–water partition coefficient (Wildman–Crippen LogP) is 20.8. The summed E-state index contributed by atoms with van der Waals surface area (Å²) in [7, 11) is 0. The van der Waals surface area contributed by atoms with Crippen LogP contribution in [0.15, 0.2) is 36.5 Å². The smallest absolute Gasteiger partial charge is 0.220 e. The first-order valence-electron chi connectivity index (χ1n) is 31.2. The number of amides is 1. The van der Waals surface area contributed by atoms with Gasteiger partial charge in [-0.1, -0.05) is 326 Å². The number of hydrogen-bond donors (Lipinski definition) is 3. The minimum atomic E-state index is -0.659. The summed E-state index contributed by atoms with van der Waals surface area (Å²) in [6.45, 7) is 4.38. The van der Waals surface area contributed by atoms with Crippen LogP contribution in [0.3, 0.4) is 0 Å². The molecule has 402 valence electrons. The van der Waals surface area contributed by atoms with Crippen molar-refractivity contribution >= 4 is 5.91 Å². The van der Waals surface area contributed by atoms with Crippen LogP contribution in [0, 0.1) is 0 Å². The van der Waals surface area contributed by atoms with Gasteiger partial charge in [-0.05, 0) is 51.4 Å². The molecule has 4 heteroatoms. The van der Waals surface area contributed by atoms with Gasteiger partial charge >= 0.3 is 0 Å². The summed E-state index contributed by atoms with van der Waals surface area (Å²) < 4.78 is 0. The molecule has 0 aliphatic heterocycles. The first kappa shape index (κ1) is 66.6. The van der Waals surface area contributed by atoms with Crippen molar-refractivity contribution in [2.24, 2.45) is 0 Å². The highest BCUT2D eigenvalue weighted by atomic mass is 16.3. The van der Waals surface area contributed by atoms with Gasteiger partial charge in [0.25, 0.3) is 0 Å². The molecule has 0 spiro atoms. The molecule has 0 aromatic heterocycles. The van der Waals surface area contributed by atoms with Crippen LogP contribution in [0.2, 0.25) is 0 Å². The third-order valence-electron chi connectivity index (χ3n) is 14.7. The van der Waals surface area contributed by atoms with Crippen LogP contribution in [0.4, 0.5) is 0 Å². The third-order valence-corrected chi connectivity index (χ3v) is 14.7. The van der Waals surface area contributed by atoms with Crippen LogP contribution < -0.4 is 5.32 Å². The lowest BCUT2D eigenvalue weighted by molar-refractivity contribution is -0.123. The fraction of sp³-hybridized carbons (Fsp3) is 0.891. The van der Waals surface area contributed by atoms with Crippen molar-refractivity contribution < 1.29 is 15.0 Å². The fourth-order valence-corrected chi connectivity index (χ4v) is 9.90. The molecular weight excluding hydrogens is 831 g/mol. The molecule has 0 aromatic rings. The summed E-state index contributed by atoms with van der Waals surface area (Å²) in [5.74, 6) is -0.0249. The van der Waals surface area contributed by atoms with Gasteiger partial charge in [-0.2, -0.15) is 0 Å². The summed E-state index contributed by atoms with van der Waals surface area (Å²) in [6.07, 6.45) is 81.6. The van der Waals surface area contributed by atoms with Crippen molar-refractivity contribution in [3.8, 4) is 0 Å². The number of unbranched alkanes of at least 4 members (excludes halogenated alkanes) is 45. The molecule has 0 saturated carbocycles. The standard InChI is InChI=1S/C64H123NO3/c1-3-5-7-9-11-13-15-17-19-21-23-25-27-28-29-30-31-32-33-34-35-36-38-40-42-44-46-48-50-52-54-56-58-60-64(68)65-62(61-66)63(67)59-57-55-53-51-49-47-45-43-41-39-37-26-24-22-20-18-16-14-12-10-8-6-4-2/h15,17,21,23,27-28,62-63,66-67H,3-14,16,18-20,22,24-26,29-61H2,1-2H3,(H,65,68)/b17-15-,23-21-,28-27-. The second-order valence-electron chi connectivity index (χ2n) is 21.5. The lowest BCUT2D eigenvalue weighted by Gasteiger charge is -2.22. The Morgan fingerprint density at radius 3 is 0.897 bits per heavy atom. The Balaban J connectivity index is 3.42. The Kier molecular flexibility index (Phi) is 58.7. The zero-order valence-electron chi connectivity index (χ0n) is 46.4. The average molecular weight is 955 g/mol. The Hall–Kier alpha value is -1.39. The first-order chi connectivity index (χ1) is 33.7. The molecular formula is C64H123NO3. The number of carbonyl (C=O) groups excluding carboxylic acids is 1. The molecule has 0 bridgehead atoms. The van der Waals surface area contributed by atoms with Gasteiger partial charge in [-0.3, -0.25) is 4.79 Å². The number of aliphatic hydroxyl groups is 2. The second kappa shape index (κ2) is 59.9. The number of hydrogen-bond acceptors (Lipinski definition) is 3. The van der Waals surface area contributed by atoms with E-state index in [1.165, 1.54) is 283 Å². The molecule has 0 aliphatic carbocycles. The van der Waals surface area contributed by atoms with E-state index in [2.05, 4.69) is 55.6 Å². The number of aliphatic hydroxyl groups excluding tert-OH is 2. The lowest BCUT2D eigenvalue weighted by atomic mass is 10.0. The Labute approximate surface area is 427 Å². The van der Waals surface area contributed by atoms with Crippen LogP contribution in [0.5, 0.6) is 0 Å². The second-order valence-corrected chi connectivity index (χ2v) is 21.5. The van der Waals surface area contributed by atoms with Crippen molar-refractivity contribution in [1.29, 1.82) is 0 Å². The molecule has 0 aromatic carbocycles. The zero-order valence-corrected chi connectivity index (χ0v) is 46.4. The number of allylic oxidation sites excluding steroid dienone is 6. The minimum Gasteiger partial charge on any atom is -0.394 e. The molecule has 0 saturated heterocycles. The highest BCUT2D eigenvalue weighted by Crippen LogP contribution is 2.18. The van der Waals surface area contributed by atoms with Crippen molar-refractivity contribution in [3.05, 3.63) is 36.5 Å². The first-order valence-corrected chi connectivity index (χ1v) is 31.2. The third kappa shape index (κ3) is 55.5. The van der Waals surface area contributed by atoms with Crippen LogP contribution in [0.1, 0.15) is 348 Å². The van der Waals surface area contributed by atoms with Gasteiger partial charge in [0.2, 0.25) is 5.91 Å². The van der Waals surface area contributed by atoms with Gasteiger partial charge in [0.05, 0.1) is 18.8 Å². The van der Waals surface area contributed by atoms with Crippen molar-refractivity contribution in [2.45, 2.75) is 360 Å². The number of rotatable bonds is 58. The average Bonchev–Trinajstić information content (AvgIpc) is 3.34. The van der Waals surface area contributed by atoms with Gasteiger partial charge < -0.3 is 15.5 Å². The maximum absolute atomic E-state index is 12.5. The molecule has 2 atom stereocenters. The molecule has 0 heterocycles. The van der Waals surface area contributed by atoms with E-state index in [4.69, 9.17) is 0 Å². The lowest BCUT2D eigenvalue weighted by Crippen LogP contribution is -2.45. The summed E-state index contributed by atoms with van der Waals surface area (Å²) >= 11 is 0. The molecule has 1 amide bonds. The van der Waals surface area contributed by atoms with Crippen LogP contribution in [-0.2, 0) is 4.79 Å². The van der Waals surface area contributed by atoms with E-state index >= 15 is 0 Å². The molecule has 0 radical (unpaired) electrons. The molecule has 0 fully saturated rings. The Bertz CT molecular complexity index is 1040. The normalized spacial score (nSPS) is 12.9. The van der Waals surface area contributed by atoms with E-state index in [-0.39, 0.29) is 12.5 Å². The molecule has 4 nitrogen and oxygen atoms in total. The summed E-state index contributed by atoms with van der Waals surface area (Å²) in [4.78, 5) is 12.5. The Morgan fingerprint density at radius 2 is 0.603 bits per heavy atom. The molecule has 68 heavy (non-hydrogen) atoms. The van der Waals surface area contributed by atoms with Crippen LogP contribution in [-0.4, -0.2) is 34.9 Å². The summed E-state index contributed by atoms with van der Waals surface area (Å²) in [5.41, 5.74) is 0. The molecule has 0 rings (SSSR count). The van der Waals surface area contributed by atoms with E-state index in [0.29, 0.717) is 12.8 Å². The topological polar surface area (TPSA) is 69.6 Å². The maximum Gasteiger partial charge on any atom is 0.220 e. The van der Waals surface area contributed by atoms with E-state index in [0.717, 1.165) is 38.5 Å². The monoisotopic (exact) mass is 954 g/mol. The van der Waals surface area contributed by atoms with Gasteiger partial charge in [0.1, 0.15) is 0 Å². The van der Waals surface area contributed by atoms with Crippen molar-refractivity contribution in [2.75, 3.05) is 6.61 Å². The number of nitrogens with one attached hydrogen (secondary N) is 1. The number of carbonyl (C=O) groups is 1. The molecule has 0 aliphatic rings. The quantitative estimate of drug-likeness (QED) is 0.0420. The SMILES string of the molecule is CCCCCCC/C=C\C/C=C\C/C=C\CCCCCCCCCCCCCCCCCCCCC(=O)NC(CO)C(O)CCCCCCCCCCCCCCCCCCCCCCCCC. The van der Waals surface area contributed by atoms with Gasteiger partial charge in [-0.15, -0.1) is 0 Å². The molecule has 3 N–H and O–H groups in total. The van der Waals surface area contributed by atoms with Crippen molar-refractivity contribution in [3.63, 3.8) is 0 Å². The highest BCUT2D eigenvalue weighted by Gasteiger charge is 2.20. The van der Waals surface area contributed by atoms with E-state index in [1.54, 1.807) is 0 Å². The van der Waals surface area contributed by atoms with Crippen LogP contribution >= 0.6 is 0 Å². The van der Waals surface area contributed by atoms with E-state index in [1.807, 2.05) is 0 Å². The largest absolute Gasteiger partial charge is 0.394 e. The fourth-order valence-electron chi connectivity index (χ4n) is 9.90. The van der Waals surface area contributed by atoms with Crippen molar-refractivity contribution in [1.82, 2.24) is 5.32 Å². The zero-order chi connectivity index (χ0) is 49.2. The van der Waals surface area contributed by atoms with E-state index in [9.17, 15) is 15.0 Å². The minimum absolute atomic E-state index is 0.0249. The van der Waals surface area contributed by atoms with Gasteiger partial charge in [0, 0.05) is 6.42 Å². The van der Waals surface area contributed by atoms with Crippen LogP contribution in [0.25, 0.3) is 0 Å². The maximum atomic E-state index is 12.5. The van der Waals surface area contributed by atoms with E-state index < -0.39 is 12.1 Å².